The van der Waals surface area contributed by atoms with E-state index in [1.807, 2.05) is 48.0 Å². The summed E-state index contributed by atoms with van der Waals surface area (Å²) in [6, 6.07) is 20.3. The summed E-state index contributed by atoms with van der Waals surface area (Å²) in [5, 5.41) is 7.60. The summed E-state index contributed by atoms with van der Waals surface area (Å²) >= 11 is 3.45. The molecule has 1 aliphatic rings. The summed E-state index contributed by atoms with van der Waals surface area (Å²) in [4.78, 5) is 12.7. The van der Waals surface area contributed by atoms with E-state index in [0.29, 0.717) is 12.5 Å². The number of hydrogen-bond donors (Lipinski definition) is 1. The van der Waals surface area contributed by atoms with Crippen molar-refractivity contribution < 1.29 is 4.79 Å². The number of nitrogens with one attached hydrogen (secondary N) is 1. The Hall–Kier alpha value is -2.40. The number of benzene rings is 2. The van der Waals surface area contributed by atoms with Crippen LogP contribution in [0.3, 0.4) is 0 Å². The zero-order valence-electron chi connectivity index (χ0n) is 14.5. The molecule has 0 aliphatic heterocycles. The molecule has 3 aromatic rings. The minimum Gasteiger partial charge on any atom is -0.311 e. The number of aryl methyl sites for hydroxylation is 1. The highest BCUT2D eigenvalue weighted by Gasteiger charge is 2.44. The maximum Gasteiger partial charge on any atom is 0.229 e. The number of carbonyl (C=O) groups excluding carboxylic acids is 1. The first-order valence-corrected chi connectivity index (χ1v) is 9.54. The van der Waals surface area contributed by atoms with Crippen LogP contribution in [0.1, 0.15) is 29.2 Å². The molecule has 4 rings (SSSR count). The van der Waals surface area contributed by atoms with Crippen molar-refractivity contribution in [2.24, 2.45) is 5.92 Å². The first kappa shape index (κ1) is 17.0. The summed E-state index contributed by atoms with van der Waals surface area (Å²) in [6.07, 6.45) is 0.902. The fourth-order valence-electron chi connectivity index (χ4n) is 3.31. The summed E-state index contributed by atoms with van der Waals surface area (Å²) in [5.74, 6) is 1.19. The number of nitrogens with zero attached hydrogens (tertiary/aromatic N) is 2. The highest BCUT2D eigenvalue weighted by Crippen LogP contribution is 2.48. The second-order valence-electron chi connectivity index (χ2n) is 6.80. The van der Waals surface area contributed by atoms with Gasteiger partial charge < -0.3 is 5.32 Å². The van der Waals surface area contributed by atoms with Crippen LogP contribution in [0.15, 0.2) is 65.1 Å². The molecular weight excluding hydrogens is 390 g/mol. The molecule has 5 heteroatoms. The van der Waals surface area contributed by atoms with Crippen molar-refractivity contribution in [3.05, 3.63) is 82.0 Å². The fraction of sp³-hybridized carbons (Fsp3) is 0.238. The van der Waals surface area contributed by atoms with Gasteiger partial charge in [-0.15, -0.1) is 0 Å². The van der Waals surface area contributed by atoms with Crippen LogP contribution in [-0.2, 0) is 11.3 Å². The maximum atomic E-state index is 12.7. The van der Waals surface area contributed by atoms with Crippen molar-refractivity contribution in [3.8, 4) is 0 Å². The number of hydrogen-bond acceptors (Lipinski definition) is 2. The molecule has 1 N–H and O–H groups in total. The van der Waals surface area contributed by atoms with Crippen LogP contribution >= 0.6 is 15.9 Å². The molecule has 2 aromatic carbocycles. The van der Waals surface area contributed by atoms with E-state index < -0.39 is 0 Å². The van der Waals surface area contributed by atoms with Gasteiger partial charge in [-0.1, -0.05) is 58.4 Å². The summed E-state index contributed by atoms with van der Waals surface area (Å²) in [6.45, 7) is 2.59. The van der Waals surface area contributed by atoms with Crippen LogP contribution in [-0.4, -0.2) is 15.7 Å². The highest BCUT2D eigenvalue weighted by atomic mass is 79.9. The van der Waals surface area contributed by atoms with E-state index in [2.05, 4.69) is 50.6 Å². The molecule has 0 radical (unpaired) electrons. The van der Waals surface area contributed by atoms with Gasteiger partial charge in [0.1, 0.15) is 5.82 Å². The van der Waals surface area contributed by atoms with Crippen LogP contribution in [0.2, 0.25) is 0 Å². The highest BCUT2D eigenvalue weighted by molar-refractivity contribution is 9.10. The third-order valence-corrected chi connectivity index (χ3v) is 5.28. The van der Waals surface area contributed by atoms with Gasteiger partial charge in [0.2, 0.25) is 5.91 Å². The third kappa shape index (κ3) is 3.73. The van der Waals surface area contributed by atoms with E-state index in [1.54, 1.807) is 0 Å². The van der Waals surface area contributed by atoms with Crippen LogP contribution in [0.5, 0.6) is 0 Å². The van der Waals surface area contributed by atoms with Gasteiger partial charge >= 0.3 is 0 Å². The van der Waals surface area contributed by atoms with Gasteiger partial charge in [0, 0.05) is 16.5 Å². The molecule has 1 saturated carbocycles. The van der Waals surface area contributed by atoms with Crippen molar-refractivity contribution >= 4 is 27.7 Å². The van der Waals surface area contributed by atoms with Crippen molar-refractivity contribution in [1.82, 2.24) is 9.78 Å². The lowest BCUT2D eigenvalue weighted by molar-refractivity contribution is -0.117. The number of carbonyl (C=O) groups is 1. The van der Waals surface area contributed by atoms with Crippen molar-refractivity contribution in [3.63, 3.8) is 0 Å². The monoisotopic (exact) mass is 409 g/mol. The van der Waals surface area contributed by atoms with Gasteiger partial charge in [0.15, 0.2) is 0 Å². The molecule has 2 atom stereocenters. The quantitative estimate of drug-likeness (QED) is 0.660. The molecule has 132 valence electrons. The zero-order chi connectivity index (χ0) is 18.1. The number of halogens is 1. The van der Waals surface area contributed by atoms with Gasteiger partial charge in [-0.05, 0) is 42.5 Å². The molecule has 1 fully saturated rings. The minimum absolute atomic E-state index is 0.0385. The van der Waals surface area contributed by atoms with Crippen LogP contribution in [0, 0.1) is 12.8 Å². The molecule has 1 aliphatic carbocycles. The zero-order valence-corrected chi connectivity index (χ0v) is 16.1. The molecule has 0 bridgehead atoms. The molecule has 2 unspecified atom stereocenters. The second-order valence-corrected chi connectivity index (χ2v) is 7.72. The third-order valence-electron chi connectivity index (χ3n) is 4.75. The van der Waals surface area contributed by atoms with E-state index in [-0.39, 0.29) is 11.8 Å². The lowest BCUT2D eigenvalue weighted by Gasteiger charge is -2.09. The van der Waals surface area contributed by atoms with Crippen LogP contribution < -0.4 is 5.32 Å². The Balaban J connectivity index is 1.44. The Kier molecular flexibility index (Phi) is 4.64. The number of anilines is 1. The van der Waals surface area contributed by atoms with Gasteiger partial charge in [0.05, 0.1) is 12.2 Å². The van der Waals surface area contributed by atoms with Crippen molar-refractivity contribution in [1.29, 1.82) is 0 Å². The van der Waals surface area contributed by atoms with Gasteiger partial charge in [0.25, 0.3) is 0 Å². The number of rotatable bonds is 5. The average Bonchev–Trinajstić information content (AvgIpc) is 3.36. The fourth-order valence-corrected chi connectivity index (χ4v) is 3.57. The Morgan fingerprint density at radius 2 is 1.92 bits per heavy atom. The van der Waals surface area contributed by atoms with E-state index in [1.165, 1.54) is 5.56 Å². The van der Waals surface area contributed by atoms with Crippen molar-refractivity contribution in [2.75, 3.05) is 5.32 Å². The minimum atomic E-state index is 0.0385. The Morgan fingerprint density at radius 3 is 2.65 bits per heavy atom. The normalized spacial score (nSPS) is 18.5. The Morgan fingerprint density at radius 1 is 1.19 bits per heavy atom. The van der Waals surface area contributed by atoms with E-state index >= 15 is 0 Å². The Labute approximate surface area is 161 Å². The van der Waals surface area contributed by atoms with Crippen LogP contribution in [0.25, 0.3) is 0 Å². The molecule has 0 saturated heterocycles. The molecule has 1 amide bonds. The van der Waals surface area contributed by atoms with Crippen molar-refractivity contribution in [2.45, 2.75) is 25.8 Å². The lowest BCUT2D eigenvalue weighted by atomic mass is 10.1. The predicted octanol–water partition coefficient (Wildman–Crippen LogP) is 4.74. The first-order chi connectivity index (χ1) is 12.6. The van der Waals surface area contributed by atoms with E-state index in [9.17, 15) is 4.79 Å². The second kappa shape index (κ2) is 7.08. The van der Waals surface area contributed by atoms with Crippen LogP contribution in [0.4, 0.5) is 5.82 Å². The van der Waals surface area contributed by atoms with Gasteiger partial charge in [-0.25, -0.2) is 4.68 Å². The van der Waals surface area contributed by atoms with E-state index in [4.69, 9.17) is 0 Å². The smallest absolute Gasteiger partial charge is 0.229 e. The maximum absolute atomic E-state index is 12.7. The summed E-state index contributed by atoms with van der Waals surface area (Å²) < 4.78 is 2.92. The van der Waals surface area contributed by atoms with Gasteiger partial charge in [-0.2, -0.15) is 5.10 Å². The largest absolute Gasteiger partial charge is 0.311 e. The molecule has 0 spiro atoms. The summed E-state index contributed by atoms with van der Waals surface area (Å²) in [5.41, 5.74) is 3.28. The first-order valence-electron chi connectivity index (χ1n) is 8.75. The standard InChI is InChI=1S/C21H20BrN3O/c1-14-11-20(25(24-14)13-15-5-3-2-4-6-15)23-21(26)19-12-18(19)16-7-9-17(22)10-8-16/h2-11,18-19H,12-13H2,1H3,(H,23,26). The SMILES string of the molecule is Cc1cc(NC(=O)C2CC2c2ccc(Br)cc2)n(Cc2ccccc2)n1. The Bertz CT molecular complexity index is 918. The predicted molar refractivity (Wildman–Crippen MR) is 106 cm³/mol. The molecule has 26 heavy (non-hydrogen) atoms. The molecule has 1 aromatic heterocycles. The number of aromatic nitrogens is 2. The number of amides is 1. The van der Waals surface area contributed by atoms with Gasteiger partial charge in [-0.3, -0.25) is 4.79 Å². The average molecular weight is 410 g/mol. The summed E-state index contributed by atoms with van der Waals surface area (Å²) in [7, 11) is 0. The molecule has 4 nitrogen and oxygen atoms in total. The van der Waals surface area contributed by atoms with E-state index in [0.717, 1.165) is 28.0 Å². The topological polar surface area (TPSA) is 46.9 Å². The molecule has 1 heterocycles. The lowest BCUT2D eigenvalue weighted by Crippen LogP contribution is -2.18. The molecular formula is C21H20BrN3O.